The van der Waals surface area contributed by atoms with Crippen molar-refractivity contribution in [1.82, 2.24) is 10.3 Å². The van der Waals surface area contributed by atoms with Gasteiger partial charge in [0.25, 0.3) is 5.91 Å². The number of fused-ring (bicyclic) bond motifs is 1. The lowest BCUT2D eigenvalue weighted by Crippen LogP contribution is -2.58. The van der Waals surface area contributed by atoms with Crippen LogP contribution in [0, 0.1) is 17.8 Å². The van der Waals surface area contributed by atoms with Crippen LogP contribution >= 0.6 is 0 Å². The number of aromatic amines is 1. The highest BCUT2D eigenvalue weighted by molar-refractivity contribution is 6.13. The van der Waals surface area contributed by atoms with Crippen LogP contribution in [0.5, 0.6) is 5.75 Å². The van der Waals surface area contributed by atoms with Crippen molar-refractivity contribution in [2.24, 2.45) is 17.8 Å². The number of carbonyl (C=O) groups excluding carboxylic acids is 2. The Labute approximate surface area is 207 Å². The lowest BCUT2D eigenvalue weighted by molar-refractivity contribution is -0.0198. The van der Waals surface area contributed by atoms with Crippen LogP contribution in [0.2, 0.25) is 0 Å². The Morgan fingerprint density at radius 2 is 1.80 bits per heavy atom. The molecule has 5 aliphatic rings. The lowest BCUT2D eigenvalue weighted by Gasteiger charge is -2.57. The zero-order valence-corrected chi connectivity index (χ0v) is 20.5. The number of nitrogens with one attached hydrogen (secondary N) is 3. The van der Waals surface area contributed by atoms with Crippen LogP contribution in [0.4, 0.5) is 5.69 Å². The molecular formula is C29H37N3O3. The molecule has 0 spiro atoms. The molecule has 4 saturated carbocycles. The summed E-state index contributed by atoms with van der Waals surface area (Å²) in [6.07, 6.45) is 14.3. The van der Waals surface area contributed by atoms with Crippen molar-refractivity contribution in [3.63, 3.8) is 0 Å². The third-order valence-corrected chi connectivity index (χ3v) is 8.79. The second-order valence-corrected chi connectivity index (χ2v) is 11.5. The molecule has 0 saturated heterocycles. The molecule has 7 rings (SSSR count). The van der Waals surface area contributed by atoms with Gasteiger partial charge in [0.15, 0.2) is 5.78 Å². The smallest absolute Gasteiger partial charge is 0.257 e. The van der Waals surface area contributed by atoms with Gasteiger partial charge >= 0.3 is 0 Å². The lowest BCUT2D eigenvalue weighted by atomic mass is 9.53. The van der Waals surface area contributed by atoms with Gasteiger partial charge in [-0.3, -0.25) is 9.59 Å². The molecule has 1 heterocycles. The molecule has 4 fully saturated rings. The minimum atomic E-state index is -0.255. The number of anilines is 1. The average molecular weight is 476 g/mol. The number of benzene rings is 1. The number of carbonyl (C=O) groups is 2. The van der Waals surface area contributed by atoms with E-state index >= 15 is 0 Å². The summed E-state index contributed by atoms with van der Waals surface area (Å²) in [5, 5.41) is 6.88. The van der Waals surface area contributed by atoms with Crippen molar-refractivity contribution < 1.29 is 14.3 Å². The Morgan fingerprint density at radius 1 is 1.06 bits per heavy atom. The number of aryl methyl sites for hydroxylation is 1. The first-order valence-corrected chi connectivity index (χ1v) is 13.6. The van der Waals surface area contributed by atoms with Gasteiger partial charge in [-0.05, 0) is 101 Å². The van der Waals surface area contributed by atoms with Gasteiger partial charge in [-0.15, -0.1) is 0 Å². The molecule has 35 heavy (non-hydrogen) atoms. The Balaban J connectivity index is 1.00. The monoisotopic (exact) mass is 475 g/mol. The van der Waals surface area contributed by atoms with E-state index < -0.39 is 0 Å². The van der Waals surface area contributed by atoms with Crippen LogP contribution in [0.25, 0.3) is 0 Å². The van der Waals surface area contributed by atoms with Gasteiger partial charge in [-0.2, -0.15) is 0 Å². The third kappa shape index (κ3) is 4.77. The zero-order chi connectivity index (χ0) is 23.8. The van der Waals surface area contributed by atoms with E-state index in [4.69, 9.17) is 4.74 Å². The van der Waals surface area contributed by atoms with Crippen molar-refractivity contribution in [2.45, 2.75) is 76.2 Å². The Morgan fingerprint density at radius 3 is 2.57 bits per heavy atom. The maximum atomic E-state index is 12.9. The van der Waals surface area contributed by atoms with E-state index in [1.807, 2.05) is 24.3 Å². The van der Waals surface area contributed by atoms with Crippen LogP contribution in [-0.2, 0) is 6.42 Å². The number of ketones is 1. The highest BCUT2D eigenvalue weighted by atomic mass is 16.5. The molecule has 1 amide bonds. The van der Waals surface area contributed by atoms with Gasteiger partial charge in [-0.1, -0.05) is 6.07 Å². The Bertz CT molecular complexity index is 1070. The molecule has 6 heteroatoms. The van der Waals surface area contributed by atoms with Crippen molar-refractivity contribution >= 4 is 17.4 Å². The predicted octanol–water partition coefficient (Wildman–Crippen LogP) is 5.50. The summed E-state index contributed by atoms with van der Waals surface area (Å²) in [6.45, 7) is 1.64. The molecule has 0 unspecified atom stereocenters. The van der Waals surface area contributed by atoms with Crippen molar-refractivity contribution in [3.8, 4) is 5.75 Å². The van der Waals surface area contributed by atoms with E-state index in [0.29, 0.717) is 35.4 Å². The quantitative estimate of drug-likeness (QED) is 0.348. The molecule has 0 atom stereocenters. The summed E-state index contributed by atoms with van der Waals surface area (Å²) in [6, 6.07) is 7.53. The molecule has 5 aliphatic carbocycles. The normalized spacial score (nSPS) is 29.0. The Kier molecular flexibility index (Phi) is 6.17. The first-order valence-electron chi connectivity index (χ1n) is 13.6. The summed E-state index contributed by atoms with van der Waals surface area (Å²) in [5.41, 5.74) is 2.97. The number of hydrogen-bond acceptors (Lipinski definition) is 4. The van der Waals surface area contributed by atoms with Crippen LogP contribution in [0.3, 0.4) is 0 Å². The van der Waals surface area contributed by atoms with E-state index in [1.54, 1.807) is 6.20 Å². The maximum Gasteiger partial charge on any atom is 0.257 e. The fourth-order valence-electron chi connectivity index (χ4n) is 7.68. The molecule has 2 aromatic rings. The van der Waals surface area contributed by atoms with E-state index in [9.17, 15) is 9.59 Å². The fraction of sp³-hybridized carbons (Fsp3) is 0.586. The molecule has 4 bridgehead atoms. The number of hydrogen-bond donors (Lipinski definition) is 3. The molecule has 0 aliphatic heterocycles. The number of amides is 1. The van der Waals surface area contributed by atoms with Gasteiger partial charge in [0.1, 0.15) is 5.75 Å². The van der Waals surface area contributed by atoms with Gasteiger partial charge in [0, 0.05) is 35.6 Å². The predicted molar refractivity (Wildman–Crippen MR) is 136 cm³/mol. The zero-order valence-electron chi connectivity index (χ0n) is 20.5. The van der Waals surface area contributed by atoms with E-state index in [-0.39, 0.29) is 11.7 Å². The van der Waals surface area contributed by atoms with Gasteiger partial charge < -0.3 is 20.4 Å². The van der Waals surface area contributed by atoms with E-state index in [1.165, 1.54) is 38.5 Å². The van der Waals surface area contributed by atoms with Crippen molar-refractivity contribution in [2.75, 3.05) is 18.5 Å². The summed E-state index contributed by atoms with van der Waals surface area (Å²) in [5.74, 6) is 3.44. The molecule has 6 nitrogen and oxygen atoms in total. The largest absolute Gasteiger partial charge is 0.493 e. The summed E-state index contributed by atoms with van der Waals surface area (Å²) >= 11 is 0. The summed E-state index contributed by atoms with van der Waals surface area (Å²) in [7, 11) is 0. The minimum absolute atomic E-state index is 0.0585. The van der Waals surface area contributed by atoms with Crippen LogP contribution in [0.15, 0.2) is 30.5 Å². The standard InChI is InChI=1S/C29H37N3O3/c33-26-8-2-1-7-25-27(26)24(18-30-25)28(34)32-22-5-3-6-23(14-22)35-10-4-9-31-29-15-19-11-20(16-29)13-21(12-19)17-29/h3,5-6,14,18-21,30-31H,1-2,4,7-13,15-17H2,(H,32,34). The number of aromatic nitrogens is 1. The topological polar surface area (TPSA) is 83.2 Å². The molecular weight excluding hydrogens is 438 g/mol. The van der Waals surface area contributed by atoms with Gasteiger partial charge in [-0.25, -0.2) is 0 Å². The number of ether oxygens (including phenoxy) is 1. The number of Topliss-reactive ketones (excluding diaryl/α,β-unsaturated/α-hetero) is 1. The molecule has 1 aromatic carbocycles. The first-order chi connectivity index (χ1) is 17.1. The Hall–Kier alpha value is -2.60. The summed E-state index contributed by atoms with van der Waals surface area (Å²) in [4.78, 5) is 28.6. The van der Waals surface area contributed by atoms with Gasteiger partial charge in [0.2, 0.25) is 0 Å². The highest BCUT2D eigenvalue weighted by Gasteiger charge is 2.50. The van der Waals surface area contributed by atoms with E-state index in [2.05, 4.69) is 15.6 Å². The minimum Gasteiger partial charge on any atom is -0.493 e. The second kappa shape index (κ2) is 9.45. The molecule has 0 radical (unpaired) electrons. The second-order valence-electron chi connectivity index (χ2n) is 11.5. The SMILES string of the molecule is O=C(Nc1cccc(OCCCNC23CC4CC(CC(C4)C2)C3)c1)c1c[nH]c2c1C(=O)CCCC2. The number of H-pyrrole nitrogens is 1. The maximum absolute atomic E-state index is 12.9. The van der Waals surface area contributed by atoms with E-state index in [0.717, 1.165) is 61.4 Å². The highest BCUT2D eigenvalue weighted by Crippen LogP contribution is 2.55. The first kappa shape index (κ1) is 22.8. The van der Waals surface area contributed by atoms with Gasteiger partial charge in [0.05, 0.1) is 17.7 Å². The molecule has 186 valence electrons. The summed E-state index contributed by atoms with van der Waals surface area (Å²) < 4.78 is 6.01. The van der Waals surface area contributed by atoms with Crippen LogP contribution in [0.1, 0.15) is 90.6 Å². The molecule has 3 N–H and O–H groups in total. The van der Waals surface area contributed by atoms with Crippen molar-refractivity contribution in [1.29, 1.82) is 0 Å². The fourth-order valence-corrected chi connectivity index (χ4v) is 7.68. The third-order valence-electron chi connectivity index (χ3n) is 8.79. The molecule has 1 aromatic heterocycles. The van der Waals surface area contributed by atoms with Crippen LogP contribution in [-0.4, -0.2) is 35.4 Å². The van der Waals surface area contributed by atoms with Crippen LogP contribution < -0.4 is 15.4 Å². The average Bonchev–Trinajstić information content (AvgIpc) is 3.16. The number of rotatable bonds is 8. The van der Waals surface area contributed by atoms with Crippen molar-refractivity contribution in [3.05, 3.63) is 47.3 Å².